The van der Waals surface area contributed by atoms with Crippen molar-refractivity contribution in [2.45, 2.75) is 12.6 Å². The molecule has 1 aromatic carbocycles. The van der Waals surface area contributed by atoms with Crippen LogP contribution < -0.4 is 11.1 Å². The molecule has 0 atom stereocenters. The van der Waals surface area contributed by atoms with Crippen LogP contribution in [0.1, 0.15) is 6.42 Å². The van der Waals surface area contributed by atoms with E-state index >= 15 is 0 Å². The summed E-state index contributed by atoms with van der Waals surface area (Å²) >= 11 is 3.46. The van der Waals surface area contributed by atoms with E-state index in [1.54, 1.807) is 18.3 Å². The molecule has 2 heterocycles. The van der Waals surface area contributed by atoms with Crippen molar-refractivity contribution in [1.82, 2.24) is 15.2 Å². The number of fused-ring (bicyclic) bond motifs is 1. The lowest BCUT2D eigenvalue weighted by Gasteiger charge is -2.10. The average Bonchev–Trinajstić information content (AvgIpc) is 2.88. The first-order valence-corrected chi connectivity index (χ1v) is 7.83. The third kappa shape index (κ3) is 3.61. The molecule has 0 saturated carbocycles. The summed E-state index contributed by atoms with van der Waals surface area (Å²) in [6.07, 6.45) is -3.57. The van der Waals surface area contributed by atoms with Crippen LogP contribution in [0.25, 0.3) is 22.0 Å². The maximum Gasteiger partial charge on any atom is 0.390 e. The summed E-state index contributed by atoms with van der Waals surface area (Å²) in [5, 5.41) is 10.2. The number of benzene rings is 1. The summed E-state index contributed by atoms with van der Waals surface area (Å²) < 4.78 is 37.4. The SMILES string of the molecule is Nc1n[nH]c2c(Br)cc(-c3ccnc(NCCC(F)(F)F)c3)cc12. The first-order chi connectivity index (χ1) is 11.3. The normalized spacial score (nSPS) is 11.8. The molecular weight excluding hydrogens is 387 g/mol. The van der Waals surface area contributed by atoms with Gasteiger partial charge in [0, 0.05) is 22.6 Å². The van der Waals surface area contributed by atoms with Gasteiger partial charge >= 0.3 is 6.18 Å². The molecule has 0 aliphatic carbocycles. The van der Waals surface area contributed by atoms with Crippen LogP contribution in [0.3, 0.4) is 0 Å². The minimum atomic E-state index is -4.20. The van der Waals surface area contributed by atoms with Crippen molar-refractivity contribution < 1.29 is 13.2 Å². The topological polar surface area (TPSA) is 79.6 Å². The van der Waals surface area contributed by atoms with Crippen molar-refractivity contribution in [2.75, 3.05) is 17.6 Å². The highest BCUT2D eigenvalue weighted by Gasteiger charge is 2.26. The van der Waals surface area contributed by atoms with Crippen LogP contribution in [0, 0.1) is 0 Å². The highest BCUT2D eigenvalue weighted by molar-refractivity contribution is 9.10. The summed E-state index contributed by atoms with van der Waals surface area (Å²) in [6.45, 7) is -0.225. The first-order valence-electron chi connectivity index (χ1n) is 7.03. The molecule has 9 heteroatoms. The Bertz CT molecular complexity index is 875. The highest BCUT2D eigenvalue weighted by atomic mass is 79.9. The van der Waals surface area contributed by atoms with Crippen molar-refractivity contribution in [3.05, 3.63) is 34.9 Å². The Balaban J connectivity index is 1.87. The third-order valence-corrected chi connectivity index (χ3v) is 4.09. The third-order valence-electron chi connectivity index (χ3n) is 3.46. The fourth-order valence-corrected chi connectivity index (χ4v) is 2.85. The number of nitrogens with one attached hydrogen (secondary N) is 2. The molecule has 0 radical (unpaired) electrons. The summed E-state index contributed by atoms with van der Waals surface area (Å²) in [6, 6.07) is 7.22. The Morgan fingerprint density at radius 2 is 2.00 bits per heavy atom. The van der Waals surface area contributed by atoms with E-state index in [-0.39, 0.29) is 6.54 Å². The van der Waals surface area contributed by atoms with Crippen molar-refractivity contribution in [3.63, 3.8) is 0 Å². The van der Waals surface area contributed by atoms with Crippen LogP contribution in [-0.2, 0) is 0 Å². The summed E-state index contributed by atoms with van der Waals surface area (Å²) in [4.78, 5) is 4.04. The molecule has 0 saturated heterocycles. The number of anilines is 2. The lowest BCUT2D eigenvalue weighted by atomic mass is 10.0. The van der Waals surface area contributed by atoms with E-state index in [0.717, 1.165) is 26.5 Å². The predicted molar refractivity (Wildman–Crippen MR) is 90.6 cm³/mol. The lowest BCUT2D eigenvalue weighted by Crippen LogP contribution is -2.15. The molecule has 0 bridgehead atoms. The van der Waals surface area contributed by atoms with Gasteiger partial charge < -0.3 is 11.1 Å². The maximum atomic E-state index is 12.2. The van der Waals surface area contributed by atoms with E-state index in [0.29, 0.717) is 11.6 Å². The minimum Gasteiger partial charge on any atom is -0.382 e. The number of H-pyrrole nitrogens is 1. The Labute approximate surface area is 143 Å². The zero-order valence-electron chi connectivity index (χ0n) is 12.3. The van der Waals surface area contributed by atoms with E-state index in [9.17, 15) is 13.2 Å². The molecule has 5 nitrogen and oxygen atoms in total. The summed E-state index contributed by atoms with van der Waals surface area (Å²) in [7, 11) is 0. The highest BCUT2D eigenvalue weighted by Crippen LogP contribution is 2.32. The lowest BCUT2D eigenvalue weighted by molar-refractivity contribution is -0.131. The van der Waals surface area contributed by atoms with E-state index in [2.05, 4.69) is 36.4 Å². The number of nitrogens with zero attached hydrogens (tertiary/aromatic N) is 2. The molecule has 126 valence electrons. The van der Waals surface area contributed by atoms with Crippen LogP contribution in [0.2, 0.25) is 0 Å². The number of hydrogen-bond donors (Lipinski definition) is 3. The van der Waals surface area contributed by atoms with Gasteiger partial charge in [-0.15, -0.1) is 0 Å². The number of halogens is 4. The second kappa shape index (κ2) is 6.31. The van der Waals surface area contributed by atoms with Crippen molar-refractivity contribution >= 4 is 38.5 Å². The maximum absolute atomic E-state index is 12.2. The van der Waals surface area contributed by atoms with Crippen molar-refractivity contribution in [3.8, 4) is 11.1 Å². The zero-order valence-corrected chi connectivity index (χ0v) is 13.9. The van der Waals surface area contributed by atoms with E-state index < -0.39 is 12.6 Å². The van der Waals surface area contributed by atoms with Crippen LogP contribution >= 0.6 is 15.9 Å². The van der Waals surface area contributed by atoms with Crippen LogP contribution in [0.15, 0.2) is 34.9 Å². The van der Waals surface area contributed by atoms with Gasteiger partial charge in [-0.1, -0.05) is 0 Å². The Kier molecular flexibility index (Phi) is 4.35. The fourth-order valence-electron chi connectivity index (χ4n) is 2.30. The van der Waals surface area contributed by atoms with E-state index in [4.69, 9.17) is 5.73 Å². The number of hydrogen-bond acceptors (Lipinski definition) is 4. The molecule has 0 fully saturated rings. The van der Waals surface area contributed by atoms with Gasteiger partial charge in [0.2, 0.25) is 0 Å². The molecule has 24 heavy (non-hydrogen) atoms. The summed E-state index contributed by atoms with van der Waals surface area (Å²) in [5.74, 6) is 0.762. The summed E-state index contributed by atoms with van der Waals surface area (Å²) in [5.41, 5.74) is 8.28. The molecule has 0 aliphatic rings. The Hall–Kier alpha value is -2.29. The monoisotopic (exact) mass is 399 g/mol. The van der Waals surface area contributed by atoms with Gasteiger partial charge in [-0.05, 0) is 51.3 Å². The number of nitrogens with two attached hydrogens (primary N) is 1. The van der Waals surface area contributed by atoms with Gasteiger partial charge in [0.05, 0.1) is 11.9 Å². The van der Waals surface area contributed by atoms with Gasteiger partial charge in [-0.2, -0.15) is 18.3 Å². The Morgan fingerprint density at radius 1 is 1.21 bits per heavy atom. The molecule has 0 amide bonds. The van der Waals surface area contributed by atoms with Crippen molar-refractivity contribution in [1.29, 1.82) is 0 Å². The van der Waals surface area contributed by atoms with Gasteiger partial charge in [-0.25, -0.2) is 4.98 Å². The second-order valence-electron chi connectivity index (χ2n) is 5.21. The zero-order chi connectivity index (χ0) is 17.3. The standard InChI is InChI=1S/C15H13BrF3N5/c16-11-6-9(5-10-13(11)23-24-14(10)20)8-1-3-21-12(7-8)22-4-2-15(17,18)19/h1,3,5-7H,2,4H2,(H,21,22)(H3,20,23,24). The number of alkyl halides is 3. The molecule has 4 N–H and O–H groups in total. The quantitative estimate of drug-likeness (QED) is 0.609. The van der Waals surface area contributed by atoms with E-state index in [1.165, 1.54) is 0 Å². The minimum absolute atomic E-state index is 0.225. The van der Waals surface area contributed by atoms with Gasteiger partial charge in [-0.3, -0.25) is 5.10 Å². The smallest absolute Gasteiger partial charge is 0.382 e. The number of aromatic nitrogens is 3. The van der Waals surface area contributed by atoms with Crippen LogP contribution in [0.5, 0.6) is 0 Å². The molecule has 2 aromatic heterocycles. The molecule has 3 rings (SSSR count). The van der Waals surface area contributed by atoms with E-state index in [1.807, 2.05) is 12.1 Å². The molecule has 0 spiro atoms. The molecular formula is C15H13BrF3N5. The first kappa shape index (κ1) is 16.6. The second-order valence-corrected chi connectivity index (χ2v) is 6.07. The fraction of sp³-hybridized carbons (Fsp3) is 0.200. The number of pyridine rings is 1. The molecule has 0 aliphatic heterocycles. The predicted octanol–water partition coefficient (Wildman–Crippen LogP) is 4.33. The van der Waals surface area contributed by atoms with Gasteiger partial charge in [0.25, 0.3) is 0 Å². The number of nitrogen functional groups attached to an aromatic ring is 1. The Morgan fingerprint density at radius 3 is 2.75 bits per heavy atom. The molecule has 3 aromatic rings. The van der Waals surface area contributed by atoms with Gasteiger partial charge in [0.1, 0.15) is 5.82 Å². The number of rotatable bonds is 4. The average molecular weight is 400 g/mol. The van der Waals surface area contributed by atoms with Crippen molar-refractivity contribution in [2.24, 2.45) is 0 Å². The van der Waals surface area contributed by atoms with Gasteiger partial charge in [0.15, 0.2) is 5.82 Å². The van der Waals surface area contributed by atoms with Crippen LogP contribution in [-0.4, -0.2) is 27.9 Å². The largest absolute Gasteiger partial charge is 0.390 e. The van der Waals surface area contributed by atoms with Crippen LogP contribution in [0.4, 0.5) is 24.8 Å². The molecule has 0 unspecified atom stereocenters. The number of aromatic amines is 1.